The molecule has 2 aromatic heterocycles. The molecule has 0 aliphatic heterocycles. The van der Waals surface area contributed by atoms with E-state index >= 15 is 0 Å². The number of carbonyl (C=O) groups excluding carboxylic acids is 1. The van der Waals surface area contributed by atoms with E-state index in [0.717, 1.165) is 30.5 Å². The lowest BCUT2D eigenvalue weighted by atomic mass is 10.1. The van der Waals surface area contributed by atoms with E-state index in [-0.39, 0.29) is 5.91 Å². The molecule has 2 aromatic carbocycles. The Morgan fingerprint density at radius 2 is 1.94 bits per heavy atom. The third-order valence-corrected chi connectivity index (χ3v) is 5.05. The Morgan fingerprint density at radius 1 is 1.12 bits per heavy atom. The molecule has 0 saturated heterocycles. The number of alkyl halides is 3. The summed E-state index contributed by atoms with van der Waals surface area (Å²) in [6.07, 6.45) is 4.08. The van der Waals surface area contributed by atoms with Crippen molar-refractivity contribution in [3.05, 3.63) is 101 Å². The quantitative estimate of drug-likeness (QED) is 0.329. The van der Waals surface area contributed by atoms with Crippen molar-refractivity contribution < 1.29 is 18.0 Å². The lowest BCUT2D eigenvalue weighted by Gasteiger charge is -2.09. The summed E-state index contributed by atoms with van der Waals surface area (Å²) in [4.78, 5) is 12.7. The summed E-state index contributed by atoms with van der Waals surface area (Å²) in [6.45, 7) is 0.498. The topological polar surface area (TPSA) is 75.6 Å². The fraction of sp³-hybridized carbons (Fsp3) is 0.160. The number of nitrogens with one attached hydrogen (secondary N) is 2. The van der Waals surface area contributed by atoms with Crippen LogP contribution in [0.3, 0.4) is 0 Å². The second-order valence-electron chi connectivity index (χ2n) is 7.47. The molecule has 6 nitrogen and oxygen atoms in total. The first-order valence-electron chi connectivity index (χ1n) is 10.5. The molecule has 4 aromatic rings. The summed E-state index contributed by atoms with van der Waals surface area (Å²) in [5.74, 6) is 5.61. The van der Waals surface area contributed by atoms with Gasteiger partial charge in [-0.05, 0) is 66.9 Å². The molecule has 2 N–H and O–H groups in total. The van der Waals surface area contributed by atoms with Crippen molar-refractivity contribution in [1.82, 2.24) is 25.3 Å². The second kappa shape index (κ2) is 10.1. The summed E-state index contributed by atoms with van der Waals surface area (Å²) < 4.78 is 40.0. The van der Waals surface area contributed by atoms with Crippen LogP contribution >= 0.6 is 0 Å². The van der Waals surface area contributed by atoms with Crippen LogP contribution in [0.15, 0.2) is 73.3 Å². The number of H-pyrrole nitrogens is 1. The molecule has 2 heterocycles. The molecular weight excluding hydrogens is 443 g/mol. The van der Waals surface area contributed by atoms with Crippen LogP contribution in [0.5, 0.6) is 0 Å². The van der Waals surface area contributed by atoms with Crippen LogP contribution in [0.1, 0.15) is 39.0 Å². The van der Waals surface area contributed by atoms with Gasteiger partial charge in [0, 0.05) is 36.3 Å². The van der Waals surface area contributed by atoms with Crippen LogP contribution in [0.25, 0.3) is 5.69 Å². The Balaban J connectivity index is 1.52. The minimum Gasteiger partial charge on any atom is -0.352 e. The number of carbonyl (C=O) groups is 1. The van der Waals surface area contributed by atoms with Gasteiger partial charge in [-0.1, -0.05) is 11.8 Å². The van der Waals surface area contributed by atoms with Gasteiger partial charge in [0.1, 0.15) is 0 Å². The number of aromatic nitrogens is 4. The number of hydrogen-bond donors (Lipinski definition) is 2. The Hall–Kier alpha value is -4.32. The molecule has 0 radical (unpaired) electrons. The number of benzene rings is 2. The van der Waals surface area contributed by atoms with Crippen molar-refractivity contribution in [2.45, 2.75) is 19.0 Å². The molecule has 0 aliphatic rings. The van der Waals surface area contributed by atoms with Gasteiger partial charge in [-0.3, -0.25) is 9.89 Å². The predicted molar refractivity (Wildman–Crippen MR) is 120 cm³/mol. The minimum absolute atomic E-state index is 0.239. The third-order valence-electron chi connectivity index (χ3n) is 5.05. The Bertz CT molecular complexity index is 1300. The van der Waals surface area contributed by atoms with Crippen molar-refractivity contribution in [2.24, 2.45) is 0 Å². The van der Waals surface area contributed by atoms with Gasteiger partial charge in [0.15, 0.2) is 0 Å². The van der Waals surface area contributed by atoms with Crippen molar-refractivity contribution in [1.29, 1.82) is 0 Å². The van der Waals surface area contributed by atoms with Crippen LogP contribution in [0, 0.1) is 11.8 Å². The van der Waals surface area contributed by atoms with E-state index in [9.17, 15) is 18.0 Å². The van der Waals surface area contributed by atoms with Gasteiger partial charge >= 0.3 is 6.18 Å². The van der Waals surface area contributed by atoms with Crippen LogP contribution < -0.4 is 5.32 Å². The zero-order chi connectivity index (χ0) is 24.0. The highest BCUT2D eigenvalue weighted by molar-refractivity contribution is 5.95. The fourth-order valence-electron chi connectivity index (χ4n) is 3.28. The molecule has 0 bridgehead atoms. The number of rotatable bonds is 6. The van der Waals surface area contributed by atoms with E-state index < -0.39 is 11.7 Å². The SMILES string of the molecule is O=C(NCCCc1cn[nH]c1)c1ccc(-n2cccn2)c(C#Cc2ccc(C(F)(F)F)cc2)c1. The summed E-state index contributed by atoms with van der Waals surface area (Å²) >= 11 is 0. The molecule has 0 saturated carbocycles. The van der Waals surface area contributed by atoms with Gasteiger partial charge in [0.2, 0.25) is 0 Å². The Kier molecular flexibility index (Phi) is 6.78. The zero-order valence-corrected chi connectivity index (χ0v) is 17.9. The lowest BCUT2D eigenvalue weighted by Crippen LogP contribution is -2.25. The monoisotopic (exact) mass is 463 g/mol. The average Bonchev–Trinajstić information content (AvgIpc) is 3.54. The first-order valence-corrected chi connectivity index (χ1v) is 10.5. The molecule has 34 heavy (non-hydrogen) atoms. The standard InChI is InChI=1S/C25H20F3N5O/c26-25(27,28)22-9-5-18(6-10-22)4-7-20-15-21(8-11-23(20)33-14-2-13-32-33)24(34)29-12-1-3-19-16-30-31-17-19/h2,5-6,8-11,13-17H,1,3,12H2,(H,29,34)(H,30,31). The number of nitrogens with zero attached hydrogens (tertiary/aromatic N) is 3. The maximum atomic E-state index is 12.8. The molecule has 1 amide bonds. The number of aryl methyl sites for hydroxylation is 1. The lowest BCUT2D eigenvalue weighted by molar-refractivity contribution is -0.137. The summed E-state index contributed by atoms with van der Waals surface area (Å²) in [5, 5.41) is 13.8. The van der Waals surface area contributed by atoms with Crippen LogP contribution in [0.4, 0.5) is 13.2 Å². The van der Waals surface area contributed by atoms with Gasteiger partial charge in [0.25, 0.3) is 5.91 Å². The predicted octanol–water partition coefficient (Wildman–Crippen LogP) is 4.38. The molecular formula is C25H20F3N5O. The Labute approximate surface area is 193 Å². The van der Waals surface area contributed by atoms with Crippen molar-refractivity contribution in [3.8, 4) is 17.5 Å². The molecule has 0 spiro atoms. The summed E-state index contributed by atoms with van der Waals surface area (Å²) in [6, 6.07) is 11.5. The van der Waals surface area contributed by atoms with Gasteiger partial charge in [-0.15, -0.1) is 0 Å². The van der Waals surface area contributed by atoms with Gasteiger partial charge in [-0.25, -0.2) is 4.68 Å². The first kappa shape index (κ1) is 22.9. The number of hydrogen-bond acceptors (Lipinski definition) is 3. The highest BCUT2D eigenvalue weighted by Gasteiger charge is 2.29. The largest absolute Gasteiger partial charge is 0.416 e. The number of amides is 1. The smallest absolute Gasteiger partial charge is 0.352 e. The van der Waals surface area contributed by atoms with Gasteiger partial charge in [0.05, 0.1) is 23.0 Å². The van der Waals surface area contributed by atoms with E-state index in [1.807, 2.05) is 6.20 Å². The van der Waals surface area contributed by atoms with Crippen molar-refractivity contribution >= 4 is 5.91 Å². The maximum absolute atomic E-state index is 12.8. The summed E-state index contributed by atoms with van der Waals surface area (Å²) in [7, 11) is 0. The highest BCUT2D eigenvalue weighted by atomic mass is 19.4. The van der Waals surface area contributed by atoms with E-state index in [2.05, 4.69) is 32.5 Å². The first-order chi connectivity index (χ1) is 16.4. The molecule has 4 rings (SSSR count). The molecule has 0 fully saturated rings. The second-order valence-corrected chi connectivity index (χ2v) is 7.47. The zero-order valence-electron chi connectivity index (χ0n) is 17.9. The maximum Gasteiger partial charge on any atom is 0.416 e. The van der Waals surface area contributed by atoms with Gasteiger partial charge in [-0.2, -0.15) is 23.4 Å². The van der Waals surface area contributed by atoms with E-state index in [4.69, 9.17) is 0 Å². The van der Waals surface area contributed by atoms with Gasteiger partial charge < -0.3 is 5.32 Å². The van der Waals surface area contributed by atoms with Crippen LogP contribution in [0.2, 0.25) is 0 Å². The number of halogens is 3. The van der Waals surface area contributed by atoms with E-state index in [1.165, 1.54) is 12.1 Å². The average molecular weight is 463 g/mol. The minimum atomic E-state index is -4.40. The normalized spacial score (nSPS) is 11.0. The highest BCUT2D eigenvalue weighted by Crippen LogP contribution is 2.29. The molecule has 0 aliphatic carbocycles. The van der Waals surface area contributed by atoms with Crippen LogP contribution in [-0.4, -0.2) is 32.4 Å². The molecule has 0 unspecified atom stereocenters. The third kappa shape index (κ3) is 5.72. The van der Waals surface area contributed by atoms with Crippen molar-refractivity contribution in [3.63, 3.8) is 0 Å². The fourth-order valence-corrected chi connectivity index (χ4v) is 3.28. The molecule has 9 heteroatoms. The molecule has 0 atom stereocenters. The van der Waals surface area contributed by atoms with E-state index in [0.29, 0.717) is 28.9 Å². The van der Waals surface area contributed by atoms with E-state index in [1.54, 1.807) is 47.5 Å². The summed E-state index contributed by atoms with van der Waals surface area (Å²) in [5.41, 5.74) is 2.36. The molecule has 172 valence electrons. The number of aromatic amines is 1. The van der Waals surface area contributed by atoms with Crippen LogP contribution in [-0.2, 0) is 12.6 Å². The van der Waals surface area contributed by atoms with Crippen molar-refractivity contribution in [2.75, 3.05) is 6.54 Å². The Morgan fingerprint density at radius 3 is 2.62 bits per heavy atom.